The van der Waals surface area contributed by atoms with Crippen molar-refractivity contribution in [1.82, 2.24) is 9.80 Å². The van der Waals surface area contributed by atoms with Crippen molar-refractivity contribution in [3.05, 3.63) is 24.3 Å². The Labute approximate surface area is 133 Å². The molecule has 0 N–H and O–H groups in total. The zero-order valence-electron chi connectivity index (χ0n) is 13.9. The van der Waals surface area contributed by atoms with Gasteiger partial charge in [-0.25, -0.2) is 0 Å². The fourth-order valence-corrected chi connectivity index (χ4v) is 2.54. The van der Waals surface area contributed by atoms with Crippen molar-refractivity contribution >= 4 is 11.6 Å². The number of carbonyl (C=O) groups excluding carboxylic acids is 1. The van der Waals surface area contributed by atoms with Crippen LogP contribution in [0, 0.1) is 0 Å². The van der Waals surface area contributed by atoms with Crippen LogP contribution in [0.3, 0.4) is 0 Å². The van der Waals surface area contributed by atoms with E-state index in [0.29, 0.717) is 13.0 Å². The van der Waals surface area contributed by atoms with Gasteiger partial charge in [-0.05, 0) is 38.4 Å². The van der Waals surface area contributed by atoms with Gasteiger partial charge in [0.05, 0.1) is 0 Å². The summed E-state index contributed by atoms with van der Waals surface area (Å²) < 4.78 is 5.71. The summed E-state index contributed by atoms with van der Waals surface area (Å²) in [5.74, 6) is 1.16. The normalized spacial score (nSPS) is 15.3. The minimum absolute atomic E-state index is 0.254. The SMILES string of the molecule is CCC(=O)N1CCN(c2ccc(OCCN(C)C)cc2)CC1. The molecule has 0 atom stereocenters. The maximum atomic E-state index is 11.7. The van der Waals surface area contributed by atoms with Crippen molar-refractivity contribution in [1.29, 1.82) is 0 Å². The fourth-order valence-electron chi connectivity index (χ4n) is 2.54. The second kappa shape index (κ2) is 8.03. The highest BCUT2D eigenvalue weighted by atomic mass is 16.5. The first-order valence-corrected chi connectivity index (χ1v) is 8.00. The van der Waals surface area contributed by atoms with Gasteiger partial charge in [0.15, 0.2) is 0 Å². The molecule has 5 nitrogen and oxygen atoms in total. The number of ether oxygens (including phenoxy) is 1. The van der Waals surface area contributed by atoms with Crippen LogP contribution < -0.4 is 9.64 Å². The van der Waals surface area contributed by atoms with E-state index in [9.17, 15) is 4.79 Å². The van der Waals surface area contributed by atoms with Gasteiger partial charge >= 0.3 is 0 Å². The standard InChI is InChI=1S/C17H27N3O2/c1-4-17(21)20-11-9-19(10-12-20)15-5-7-16(8-6-15)22-14-13-18(2)3/h5-8H,4,9-14H2,1-3H3. The summed E-state index contributed by atoms with van der Waals surface area (Å²) in [4.78, 5) is 18.1. The number of rotatable bonds is 6. The van der Waals surface area contributed by atoms with Gasteiger partial charge < -0.3 is 19.4 Å². The number of nitrogens with zero attached hydrogens (tertiary/aromatic N) is 3. The summed E-state index contributed by atoms with van der Waals surface area (Å²) in [5, 5.41) is 0. The highest BCUT2D eigenvalue weighted by Crippen LogP contribution is 2.21. The van der Waals surface area contributed by atoms with Gasteiger partial charge in [-0.3, -0.25) is 4.79 Å². The van der Waals surface area contributed by atoms with Crippen LogP contribution in [-0.2, 0) is 4.79 Å². The lowest BCUT2D eigenvalue weighted by atomic mass is 10.2. The second-order valence-electron chi connectivity index (χ2n) is 5.87. The first kappa shape index (κ1) is 16.6. The summed E-state index contributed by atoms with van der Waals surface area (Å²) in [6.45, 7) is 6.95. The summed E-state index contributed by atoms with van der Waals surface area (Å²) in [6.07, 6.45) is 0.596. The van der Waals surface area contributed by atoms with Crippen LogP contribution in [0.2, 0.25) is 0 Å². The van der Waals surface area contributed by atoms with Crippen LogP contribution in [0.5, 0.6) is 5.75 Å². The number of hydrogen-bond acceptors (Lipinski definition) is 4. The maximum Gasteiger partial charge on any atom is 0.222 e. The van der Waals surface area contributed by atoms with Crippen molar-refractivity contribution in [3.63, 3.8) is 0 Å². The molecular formula is C17H27N3O2. The number of carbonyl (C=O) groups is 1. The molecule has 2 rings (SSSR count). The third kappa shape index (κ3) is 4.63. The molecule has 1 aliphatic heterocycles. The molecule has 0 spiro atoms. The van der Waals surface area contributed by atoms with Crippen LogP contribution in [0.25, 0.3) is 0 Å². The van der Waals surface area contributed by atoms with E-state index in [0.717, 1.165) is 38.5 Å². The smallest absolute Gasteiger partial charge is 0.222 e. The zero-order valence-corrected chi connectivity index (χ0v) is 13.9. The van der Waals surface area contributed by atoms with Crippen LogP contribution >= 0.6 is 0 Å². The van der Waals surface area contributed by atoms with E-state index < -0.39 is 0 Å². The number of hydrogen-bond donors (Lipinski definition) is 0. The molecule has 1 amide bonds. The highest BCUT2D eigenvalue weighted by Gasteiger charge is 2.19. The Balaban J connectivity index is 1.82. The molecule has 1 aromatic rings. The van der Waals surface area contributed by atoms with Crippen LogP contribution in [0.1, 0.15) is 13.3 Å². The third-order valence-corrected chi connectivity index (χ3v) is 3.94. The Morgan fingerprint density at radius 1 is 1.14 bits per heavy atom. The van der Waals surface area contributed by atoms with Gasteiger partial charge in [0.1, 0.15) is 12.4 Å². The molecule has 22 heavy (non-hydrogen) atoms. The quantitative estimate of drug-likeness (QED) is 0.801. The minimum atomic E-state index is 0.254. The van der Waals surface area contributed by atoms with E-state index in [4.69, 9.17) is 4.74 Å². The minimum Gasteiger partial charge on any atom is -0.492 e. The monoisotopic (exact) mass is 305 g/mol. The molecule has 5 heteroatoms. The third-order valence-electron chi connectivity index (χ3n) is 3.94. The topological polar surface area (TPSA) is 36.0 Å². The zero-order chi connectivity index (χ0) is 15.9. The summed E-state index contributed by atoms with van der Waals surface area (Å²) in [6, 6.07) is 8.24. The lowest BCUT2D eigenvalue weighted by Gasteiger charge is -2.36. The van der Waals surface area contributed by atoms with Gasteiger partial charge in [-0.2, -0.15) is 0 Å². The predicted molar refractivity (Wildman–Crippen MR) is 89.6 cm³/mol. The number of amides is 1. The second-order valence-corrected chi connectivity index (χ2v) is 5.87. The Hall–Kier alpha value is -1.75. The molecule has 1 saturated heterocycles. The van der Waals surface area contributed by atoms with E-state index in [2.05, 4.69) is 21.9 Å². The predicted octanol–water partition coefficient (Wildman–Crippen LogP) is 1.69. The average molecular weight is 305 g/mol. The molecule has 0 saturated carbocycles. The van der Waals surface area contributed by atoms with Gasteiger partial charge in [0, 0.05) is 44.8 Å². The molecule has 1 aromatic carbocycles. The Bertz CT molecular complexity index is 465. The largest absolute Gasteiger partial charge is 0.492 e. The lowest BCUT2D eigenvalue weighted by molar-refractivity contribution is -0.131. The molecule has 1 fully saturated rings. The molecule has 0 radical (unpaired) electrons. The van der Waals surface area contributed by atoms with Crippen molar-refractivity contribution in [2.24, 2.45) is 0 Å². The number of benzene rings is 1. The van der Waals surface area contributed by atoms with Crippen molar-refractivity contribution in [3.8, 4) is 5.75 Å². The first-order valence-electron chi connectivity index (χ1n) is 8.00. The fraction of sp³-hybridized carbons (Fsp3) is 0.588. The first-order chi connectivity index (χ1) is 10.6. The molecule has 0 aromatic heterocycles. The van der Waals surface area contributed by atoms with E-state index in [1.807, 2.05) is 38.1 Å². The van der Waals surface area contributed by atoms with E-state index >= 15 is 0 Å². The molecule has 1 heterocycles. The van der Waals surface area contributed by atoms with Gasteiger partial charge in [0.25, 0.3) is 0 Å². The number of piperazine rings is 1. The van der Waals surface area contributed by atoms with E-state index in [-0.39, 0.29) is 5.91 Å². The molecule has 122 valence electrons. The molecular weight excluding hydrogens is 278 g/mol. The molecule has 0 aliphatic carbocycles. The molecule has 1 aliphatic rings. The Morgan fingerprint density at radius 2 is 1.77 bits per heavy atom. The number of anilines is 1. The summed E-state index contributed by atoms with van der Waals surface area (Å²) >= 11 is 0. The van der Waals surface area contributed by atoms with Gasteiger partial charge in [0.2, 0.25) is 5.91 Å². The maximum absolute atomic E-state index is 11.7. The van der Waals surface area contributed by atoms with Crippen molar-refractivity contribution in [2.45, 2.75) is 13.3 Å². The number of likely N-dealkylation sites (N-methyl/N-ethyl adjacent to an activating group) is 1. The van der Waals surface area contributed by atoms with Crippen molar-refractivity contribution < 1.29 is 9.53 Å². The highest BCUT2D eigenvalue weighted by molar-refractivity contribution is 5.76. The van der Waals surface area contributed by atoms with E-state index in [1.165, 1.54) is 5.69 Å². The van der Waals surface area contributed by atoms with Crippen LogP contribution in [-0.4, -0.2) is 69.1 Å². The van der Waals surface area contributed by atoms with E-state index in [1.54, 1.807) is 0 Å². The van der Waals surface area contributed by atoms with Crippen LogP contribution in [0.15, 0.2) is 24.3 Å². The lowest BCUT2D eigenvalue weighted by Crippen LogP contribution is -2.48. The Kier molecular flexibility index (Phi) is 6.07. The van der Waals surface area contributed by atoms with Crippen molar-refractivity contribution in [2.75, 3.05) is 58.3 Å². The summed E-state index contributed by atoms with van der Waals surface area (Å²) in [7, 11) is 4.07. The summed E-state index contributed by atoms with van der Waals surface area (Å²) in [5.41, 5.74) is 1.20. The molecule has 0 unspecified atom stereocenters. The molecule has 0 bridgehead atoms. The average Bonchev–Trinajstić information content (AvgIpc) is 2.54. The van der Waals surface area contributed by atoms with Gasteiger partial charge in [-0.15, -0.1) is 0 Å². The Morgan fingerprint density at radius 3 is 2.32 bits per heavy atom. The van der Waals surface area contributed by atoms with Gasteiger partial charge in [-0.1, -0.05) is 6.92 Å². The van der Waals surface area contributed by atoms with Crippen LogP contribution in [0.4, 0.5) is 5.69 Å².